The molecule has 0 saturated heterocycles. The second-order valence-corrected chi connectivity index (χ2v) is 13.6. The van der Waals surface area contributed by atoms with Crippen LogP contribution in [-0.4, -0.2) is 21.5 Å². The number of hydrogen-bond acceptors (Lipinski definition) is 3. The van der Waals surface area contributed by atoms with Gasteiger partial charge in [-0.25, -0.2) is 0 Å². The van der Waals surface area contributed by atoms with E-state index < -0.39 is 8.32 Å². The van der Waals surface area contributed by atoms with Crippen LogP contribution in [0.5, 0.6) is 5.75 Å². The minimum Gasteiger partial charge on any atom is -0.547 e. The maximum Gasteiger partial charge on any atom is 0.241 e. The lowest BCUT2D eigenvalue weighted by Gasteiger charge is -2.48. The van der Waals surface area contributed by atoms with Crippen molar-refractivity contribution >= 4 is 14.0 Å². The quantitative estimate of drug-likeness (QED) is 0.515. The average Bonchev–Trinajstić information content (AvgIpc) is 2.73. The molecule has 1 saturated carbocycles. The molecule has 29 heavy (non-hydrogen) atoms. The Labute approximate surface area is 176 Å². The molecule has 0 spiro atoms. The van der Waals surface area contributed by atoms with Crippen LogP contribution in [0.4, 0.5) is 5.69 Å². The van der Waals surface area contributed by atoms with E-state index in [0.29, 0.717) is 6.04 Å². The predicted molar refractivity (Wildman–Crippen MR) is 123 cm³/mol. The molecule has 0 amide bonds. The van der Waals surface area contributed by atoms with Crippen LogP contribution in [0.15, 0.2) is 65.9 Å². The molecule has 2 aromatic rings. The molecule has 2 aromatic carbocycles. The van der Waals surface area contributed by atoms with E-state index in [1.54, 1.807) is 12.7 Å². The first-order chi connectivity index (χ1) is 14.0. The van der Waals surface area contributed by atoms with Crippen molar-refractivity contribution in [1.82, 2.24) is 0 Å². The van der Waals surface area contributed by atoms with Gasteiger partial charge in [0.15, 0.2) is 0 Å². The van der Waals surface area contributed by atoms with Gasteiger partial charge in [-0.15, -0.1) is 0 Å². The van der Waals surface area contributed by atoms with Gasteiger partial charge in [0.2, 0.25) is 8.32 Å². The Hall–Kier alpha value is -2.20. The third-order valence-electron chi connectivity index (χ3n) is 5.97. The van der Waals surface area contributed by atoms with Gasteiger partial charge in [-0.05, 0) is 74.3 Å². The van der Waals surface area contributed by atoms with Crippen molar-refractivity contribution in [2.75, 3.05) is 12.0 Å². The van der Waals surface area contributed by atoms with Crippen LogP contribution in [0.3, 0.4) is 0 Å². The molecule has 0 unspecified atom stereocenters. The summed E-state index contributed by atoms with van der Waals surface area (Å²) < 4.78 is 12.1. The van der Waals surface area contributed by atoms with Crippen LogP contribution in [0.1, 0.15) is 43.7 Å². The second-order valence-electron chi connectivity index (χ2n) is 9.16. The highest BCUT2D eigenvalue weighted by molar-refractivity contribution is 6.70. The summed E-state index contributed by atoms with van der Waals surface area (Å²) in [6.07, 6.45) is 5.88. The summed E-state index contributed by atoms with van der Waals surface area (Å²) >= 11 is 0. The predicted octanol–water partition coefficient (Wildman–Crippen LogP) is 6.69. The van der Waals surface area contributed by atoms with Crippen LogP contribution in [0.25, 0.3) is 0 Å². The van der Waals surface area contributed by atoms with E-state index >= 15 is 0 Å². The monoisotopic (exact) mass is 407 g/mol. The highest BCUT2D eigenvalue weighted by Crippen LogP contribution is 2.46. The van der Waals surface area contributed by atoms with Gasteiger partial charge in [0.05, 0.1) is 25.0 Å². The second kappa shape index (κ2) is 8.27. The fourth-order valence-corrected chi connectivity index (χ4v) is 5.74. The van der Waals surface area contributed by atoms with Crippen molar-refractivity contribution in [2.45, 2.75) is 63.8 Å². The van der Waals surface area contributed by atoms with Crippen molar-refractivity contribution in [3.8, 4) is 5.75 Å². The van der Waals surface area contributed by atoms with E-state index in [-0.39, 0.29) is 6.04 Å². The highest BCUT2D eigenvalue weighted by Gasteiger charge is 2.39. The number of rotatable bonds is 5. The maximum atomic E-state index is 6.70. The van der Waals surface area contributed by atoms with Crippen LogP contribution in [-0.2, 0) is 4.43 Å². The molecule has 3 nitrogen and oxygen atoms in total. The lowest BCUT2D eigenvalue weighted by atomic mass is 9.81. The topological polar surface area (TPSA) is 21.7 Å². The molecule has 2 aliphatic rings. The normalized spacial score (nSPS) is 22.3. The lowest BCUT2D eigenvalue weighted by molar-refractivity contribution is 0.320. The number of ether oxygens (including phenoxy) is 1. The summed E-state index contributed by atoms with van der Waals surface area (Å²) in [7, 11) is 0.0611. The molecule has 0 bridgehead atoms. The van der Waals surface area contributed by atoms with Crippen molar-refractivity contribution in [2.24, 2.45) is 0 Å². The molecule has 1 heterocycles. The van der Waals surface area contributed by atoms with E-state index in [0.717, 1.165) is 12.2 Å². The Morgan fingerprint density at radius 1 is 0.897 bits per heavy atom. The van der Waals surface area contributed by atoms with E-state index in [2.05, 4.69) is 79.1 Å². The third kappa shape index (κ3) is 4.37. The van der Waals surface area contributed by atoms with Crippen molar-refractivity contribution in [3.63, 3.8) is 0 Å². The van der Waals surface area contributed by atoms with E-state index in [1.807, 2.05) is 0 Å². The summed E-state index contributed by atoms with van der Waals surface area (Å²) in [5.41, 5.74) is 4.19. The van der Waals surface area contributed by atoms with Gasteiger partial charge in [-0.3, -0.25) is 0 Å². The molecule has 1 aliphatic heterocycles. The Kier molecular flexibility index (Phi) is 5.73. The average molecular weight is 408 g/mol. The standard InChI is InChI=1S/C25H33NO2Si/c1-27-21-16-14-19(15-17-21)24-18-25(28-29(2,3)4)22-12-8-9-13-23(22)26(24)20-10-6-5-7-11-20/h5-7,10-11,14-17,23-24H,8-9,12-13,18H2,1-4H3/t23-,24+/m0/s1. The third-order valence-corrected chi connectivity index (χ3v) is 6.83. The summed E-state index contributed by atoms with van der Waals surface area (Å²) in [4.78, 5) is 2.66. The van der Waals surface area contributed by atoms with E-state index in [1.165, 1.54) is 42.7 Å². The van der Waals surface area contributed by atoms with Gasteiger partial charge < -0.3 is 14.1 Å². The summed E-state index contributed by atoms with van der Waals surface area (Å²) in [5, 5.41) is 0. The number of hydrogen-bond donors (Lipinski definition) is 0. The van der Waals surface area contributed by atoms with Crippen LogP contribution in [0.2, 0.25) is 19.6 Å². The van der Waals surface area contributed by atoms with Crippen LogP contribution in [0, 0.1) is 0 Å². The number of benzene rings is 2. The van der Waals surface area contributed by atoms with Gasteiger partial charge >= 0.3 is 0 Å². The molecule has 4 rings (SSSR count). The SMILES string of the molecule is COc1ccc([C@H]2CC(O[Si](C)(C)C)=C3CCCC[C@@H]3N2c2ccccc2)cc1. The number of nitrogens with zero attached hydrogens (tertiary/aromatic N) is 1. The molecule has 154 valence electrons. The smallest absolute Gasteiger partial charge is 0.241 e. The fourth-order valence-electron chi connectivity index (χ4n) is 4.79. The fraction of sp³-hybridized carbons (Fsp3) is 0.440. The first kappa shape index (κ1) is 20.1. The van der Waals surface area contributed by atoms with E-state index in [4.69, 9.17) is 9.16 Å². The summed E-state index contributed by atoms with van der Waals surface area (Å²) in [5.74, 6) is 2.19. The van der Waals surface area contributed by atoms with Gasteiger partial charge in [0.25, 0.3) is 0 Å². The molecule has 2 atom stereocenters. The van der Waals surface area contributed by atoms with E-state index in [9.17, 15) is 0 Å². The Balaban J connectivity index is 1.80. The molecule has 0 N–H and O–H groups in total. The first-order valence-corrected chi connectivity index (χ1v) is 14.3. The zero-order valence-electron chi connectivity index (χ0n) is 18.2. The number of fused-ring (bicyclic) bond motifs is 1. The zero-order valence-corrected chi connectivity index (χ0v) is 19.2. The largest absolute Gasteiger partial charge is 0.547 e. The van der Waals surface area contributed by atoms with Gasteiger partial charge in [-0.2, -0.15) is 0 Å². The number of anilines is 1. The highest BCUT2D eigenvalue weighted by atomic mass is 28.4. The summed E-state index contributed by atoms with van der Waals surface area (Å²) in [6, 6.07) is 20.2. The molecule has 0 radical (unpaired) electrons. The molecule has 4 heteroatoms. The minimum atomic E-state index is -1.66. The molecule has 1 aliphatic carbocycles. The van der Waals surface area contributed by atoms with Crippen LogP contribution < -0.4 is 9.64 Å². The molecular weight excluding hydrogens is 374 g/mol. The maximum absolute atomic E-state index is 6.70. The van der Waals surface area contributed by atoms with Gasteiger partial charge in [-0.1, -0.05) is 36.8 Å². The molecular formula is C25H33NO2Si. The van der Waals surface area contributed by atoms with Crippen molar-refractivity contribution in [1.29, 1.82) is 0 Å². The molecule has 0 aromatic heterocycles. The van der Waals surface area contributed by atoms with Crippen LogP contribution >= 0.6 is 0 Å². The van der Waals surface area contributed by atoms with Gasteiger partial charge in [0, 0.05) is 12.1 Å². The summed E-state index contributed by atoms with van der Waals surface area (Å²) in [6.45, 7) is 6.89. The van der Waals surface area contributed by atoms with Gasteiger partial charge in [0.1, 0.15) is 5.75 Å². The minimum absolute atomic E-state index is 0.279. The Bertz CT molecular complexity index is 855. The van der Waals surface area contributed by atoms with Crippen molar-refractivity contribution in [3.05, 3.63) is 71.5 Å². The number of para-hydroxylation sites is 1. The molecule has 1 fully saturated rings. The Morgan fingerprint density at radius 2 is 1.62 bits per heavy atom. The number of methoxy groups -OCH3 is 1. The first-order valence-electron chi connectivity index (χ1n) is 10.8. The lowest BCUT2D eigenvalue weighted by Crippen LogP contribution is -2.46. The Morgan fingerprint density at radius 3 is 2.28 bits per heavy atom. The zero-order chi connectivity index (χ0) is 20.4. The van der Waals surface area contributed by atoms with Crippen molar-refractivity contribution < 1.29 is 9.16 Å².